The van der Waals surface area contributed by atoms with E-state index in [1.54, 1.807) is 7.11 Å². The Morgan fingerprint density at radius 1 is 1.57 bits per heavy atom. The number of rotatable bonds is 6. The van der Waals surface area contributed by atoms with Crippen LogP contribution in [0, 0.1) is 0 Å². The highest BCUT2D eigenvalue weighted by molar-refractivity contribution is 8.00. The Balaban J connectivity index is 1.97. The van der Waals surface area contributed by atoms with Gasteiger partial charge in [0.2, 0.25) is 0 Å². The summed E-state index contributed by atoms with van der Waals surface area (Å²) in [5.41, 5.74) is 7.34. The van der Waals surface area contributed by atoms with Crippen LogP contribution in [0.25, 0.3) is 0 Å². The Kier molecular flexibility index (Phi) is 5.36. The number of amidine groups is 1. The van der Waals surface area contributed by atoms with Gasteiger partial charge in [-0.25, -0.2) is 0 Å². The lowest BCUT2D eigenvalue weighted by Gasteiger charge is -2.23. The molecule has 0 spiro atoms. The highest BCUT2D eigenvalue weighted by Gasteiger charge is 2.28. The van der Waals surface area contributed by atoms with Gasteiger partial charge in [0.25, 0.3) is 0 Å². The molecular formula is C15H23N3O2S. The minimum absolute atomic E-state index is 0.0567. The molecule has 0 amide bonds. The summed E-state index contributed by atoms with van der Waals surface area (Å²) in [4.78, 5) is 0. The average Bonchev–Trinajstić information content (AvgIpc) is 2.93. The SMILES string of the molecule is COc1cc(CNCC2(C)CCCS2)ccc1/C(N)=N/O. The zero-order valence-electron chi connectivity index (χ0n) is 12.6. The second-order valence-corrected chi connectivity index (χ2v) is 7.21. The molecule has 0 radical (unpaired) electrons. The van der Waals surface area contributed by atoms with Gasteiger partial charge in [0.05, 0.1) is 12.7 Å². The maximum Gasteiger partial charge on any atom is 0.173 e. The summed E-state index contributed by atoms with van der Waals surface area (Å²) >= 11 is 2.05. The maximum absolute atomic E-state index is 8.76. The van der Waals surface area contributed by atoms with Crippen molar-refractivity contribution in [3.63, 3.8) is 0 Å². The van der Waals surface area contributed by atoms with Crippen LogP contribution in [0.2, 0.25) is 0 Å². The van der Waals surface area contributed by atoms with Gasteiger partial charge in [-0.05, 0) is 43.2 Å². The number of oxime groups is 1. The standard InChI is InChI=1S/C15H23N3O2S/c1-15(6-3-7-21-15)10-17-9-11-4-5-12(14(16)18-19)13(8-11)20-2/h4-5,8,17,19H,3,6-7,9-10H2,1-2H3,(H2,16,18). The molecule has 1 aromatic rings. The zero-order valence-corrected chi connectivity index (χ0v) is 13.4. The summed E-state index contributed by atoms with van der Waals surface area (Å²) in [6.07, 6.45) is 2.58. The fraction of sp³-hybridized carbons (Fsp3) is 0.533. The third-order valence-corrected chi connectivity index (χ3v) is 5.32. The van der Waals surface area contributed by atoms with E-state index in [2.05, 4.69) is 17.4 Å². The van der Waals surface area contributed by atoms with Gasteiger partial charge < -0.3 is 21.0 Å². The fourth-order valence-electron chi connectivity index (χ4n) is 2.56. The topological polar surface area (TPSA) is 79.9 Å². The van der Waals surface area contributed by atoms with Crippen LogP contribution in [-0.4, -0.2) is 35.2 Å². The summed E-state index contributed by atoms with van der Waals surface area (Å²) in [6.45, 7) is 4.10. The molecule has 0 aromatic heterocycles. The van der Waals surface area contributed by atoms with Crippen LogP contribution in [0.15, 0.2) is 23.4 Å². The molecule has 0 aliphatic carbocycles. The normalized spacial score (nSPS) is 22.5. The number of nitrogens with two attached hydrogens (primary N) is 1. The van der Waals surface area contributed by atoms with Gasteiger partial charge in [-0.1, -0.05) is 11.2 Å². The Morgan fingerprint density at radius 3 is 3.00 bits per heavy atom. The van der Waals surface area contributed by atoms with E-state index in [4.69, 9.17) is 15.7 Å². The number of ether oxygens (including phenoxy) is 1. The van der Waals surface area contributed by atoms with E-state index in [1.807, 2.05) is 30.0 Å². The number of methoxy groups -OCH3 is 1. The summed E-state index contributed by atoms with van der Waals surface area (Å²) in [7, 11) is 1.58. The molecule has 6 heteroatoms. The highest BCUT2D eigenvalue weighted by Crippen LogP contribution is 2.37. The predicted molar refractivity (Wildman–Crippen MR) is 87.3 cm³/mol. The van der Waals surface area contributed by atoms with Crippen molar-refractivity contribution in [2.24, 2.45) is 10.9 Å². The number of nitrogens with one attached hydrogen (secondary N) is 1. The Morgan fingerprint density at radius 2 is 2.38 bits per heavy atom. The van der Waals surface area contributed by atoms with Crippen LogP contribution in [-0.2, 0) is 6.54 Å². The Bertz CT molecular complexity index is 514. The van der Waals surface area contributed by atoms with E-state index in [0.717, 1.165) is 18.7 Å². The Hall–Kier alpha value is -1.40. The van der Waals surface area contributed by atoms with Crippen LogP contribution in [0.4, 0.5) is 0 Å². The molecule has 116 valence electrons. The van der Waals surface area contributed by atoms with Crippen molar-refractivity contribution in [2.75, 3.05) is 19.4 Å². The molecule has 0 bridgehead atoms. The van der Waals surface area contributed by atoms with E-state index < -0.39 is 0 Å². The first-order valence-electron chi connectivity index (χ1n) is 7.07. The van der Waals surface area contributed by atoms with Crippen LogP contribution in [0.5, 0.6) is 5.75 Å². The van der Waals surface area contributed by atoms with Crippen molar-refractivity contribution >= 4 is 17.6 Å². The van der Waals surface area contributed by atoms with Gasteiger partial charge >= 0.3 is 0 Å². The predicted octanol–water partition coefficient (Wildman–Crippen LogP) is 2.17. The summed E-state index contributed by atoms with van der Waals surface area (Å²) in [5, 5.41) is 15.3. The second kappa shape index (κ2) is 7.04. The van der Waals surface area contributed by atoms with Crippen LogP contribution in [0.3, 0.4) is 0 Å². The second-order valence-electron chi connectivity index (χ2n) is 5.53. The molecule has 4 N–H and O–H groups in total. The number of nitrogens with zero attached hydrogens (tertiary/aromatic N) is 1. The third kappa shape index (κ3) is 4.04. The first kappa shape index (κ1) is 16.0. The fourth-order valence-corrected chi connectivity index (χ4v) is 3.83. The number of thioether (sulfide) groups is 1. The van der Waals surface area contributed by atoms with E-state index in [9.17, 15) is 0 Å². The Labute approximate surface area is 129 Å². The highest BCUT2D eigenvalue weighted by atomic mass is 32.2. The van der Waals surface area contributed by atoms with E-state index in [0.29, 0.717) is 16.1 Å². The monoisotopic (exact) mass is 309 g/mol. The van der Waals surface area contributed by atoms with Crippen molar-refractivity contribution < 1.29 is 9.94 Å². The van der Waals surface area contributed by atoms with Gasteiger partial charge in [-0.3, -0.25) is 0 Å². The van der Waals surface area contributed by atoms with Crippen LogP contribution in [0.1, 0.15) is 30.9 Å². The van der Waals surface area contributed by atoms with Crippen molar-refractivity contribution in [3.05, 3.63) is 29.3 Å². The van der Waals surface area contributed by atoms with Gasteiger partial charge in [-0.2, -0.15) is 11.8 Å². The van der Waals surface area contributed by atoms with E-state index >= 15 is 0 Å². The smallest absolute Gasteiger partial charge is 0.173 e. The molecule has 1 saturated heterocycles. The molecule has 0 saturated carbocycles. The maximum atomic E-state index is 8.76. The molecular weight excluding hydrogens is 286 g/mol. The summed E-state index contributed by atoms with van der Waals surface area (Å²) in [5.74, 6) is 1.94. The molecule has 21 heavy (non-hydrogen) atoms. The molecule has 1 aliphatic heterocycles. The van der Waals surface area contributed by atoms with E-state index in [-0.39, 0.29) is 5.84 Å². The molecule has 1 unspecified atom stereocenters. The lowest BCUT2D eigenvalue weighted by Crippen LogP contribution is -2.32. The van der Waals surface area contributed by atoms with Gasteiger partial charge in [0.1, 0.15) is 5.75 Å². The van der Waals surface area contributed by atoms with Gasteiger partial charge in [0.15, 0.2) is 5.84 Å². The summed E-state index contributed by atoms with van der Waals surface area (Å²) < 4.78 is 5.66. The quantitative estimate of drug-likeness (QED) is 0.325. The minimum atomic E-state index is 0.0567. The van der Waals surface area contributed by atoms with Crippen molar-refractivity contribution in [1.29, 1.82) is 0 Å². The van der Waals surface area contributed by atoms with Crippen molar-refractivity contribution in [2.45, 2.75) is 31.1 Å². The zero-order chi connectivity index (χ0) is 15.3. The van der Waals surface area contributed by atoms with Crippen LogP contribution < -0.4 is 15.8 Å². The van der Waals surface area contributed by atoms with E-state index in [1.165, 1.54) is 18.6 Å². The third-order valence-electron chi connectivity index (χ3n) is 3.78. The number of hydrogen-bond donors (Lipinski definition) is 3. The molecule has 2 rings (SSSR count). The van der Waals surface area contributed by atoms with Gasteiger partial charge in [-0.15, -0.1) is 0 Å². The molecule has 1 aliphatic rings. The molecule has 1 fully saturated rings. The largest absolute Gasteiger partial charge is 0.496 e. The first-order valence-corrected chi connectivity index (χ1v) is 8.06. The minimum Gasteiger partial charge on any atom is -0.496 e. The number of benzene rings is 1. The number of hydrogen-bond acceptors (Lipinski definition) is 5. The van der Waals surface area contributed by atoms with Crippen LogP contribution >= 0.6 is 11.8 Å². The van der Waals surface area contributed by atoms with Crippen molar-refractivity contribution in [3.8, 4) is 5.75 Å². The average molecular weight is 309 g/mol. The lowest BCUT2D eigenvalue weighted by atomic mass is 10.1. The molecule has 1 aromatic carbocycles. The molecule has 1 heterocycles. The van der Waals surface area contributed by atoms with Gasteiger partial charge in [0, 0.05) is 17.8 Å². The summed E-state index contributed by atoms with van der Waals surface area (Å²) in [6, 6.07) is 5.70. The lowest BCUT2D eigenvalue weighted by molar-refractivity contribution is 0.318. The van der Waals surface area contributed by atoms with Crippen molar-refractivity contribution in [1.82, 2.24) is 5.32 Å². The first-order chi connectivity index (χ1) is 10.1. The molecule has 5 nitrogen and oxygen atoms in total. The molecule has 1 atom stereocenters.